The van der Waals surface area contributed by atoms with Gasteiger partial charge in [0.1, 0.15) is 0 Å². The summed E-state index contributed by atoms with van der Waals surface area (Å²) in [5.41, 5.74) is 1.31. The molecule has 0 heterocycles. The van der Waals surface area contributed by atoms with Crippen LogP contribution in [-0.4, -0.2) is 25.4 Å². The highest BCUT2D eigenvalue weighted by atomic mass is 32.2. The second-order valence-corrected chi connectivity index (χ2v) is 6.37. The van der Waals surface area contributed by atoms with Gasteiger partial charge in [-0.1, -0.05) is 26.0 Å². The maximum atomic E-state index is 11.0. The lowest BCUT2D eigenvalue weighted by molar-refractivity contribution is -0.140. The molecule has 112 valence electrons. The van der Waals surface area contributed by atoms with Crippen LogP contribution < -0.4 is 5.32 Å². The molecular formula is C16H25NO2S. The maximum absolute atomic E-state index is 11.0. The number of esters is 1. The SMILES string of the molecule is COC(=O)CCCSc1cccc(CNCC(C)C)c1. The molecule has 1 aromatic carbocycles. The summed E-state index contributed by atoms with van der Waals surface area (Å²) in [4.78, 5) is 12.3. The zero-order chi connectivity index (χ0) is 14.8. The van der Waals surface area contributed by atoms with Gasteiger partial charge < -0.3 is 10.1 Å². The number of thioether (sulfide) groups is 1. The third-order valence-electron chi connectivity index (χ3n) is 2.80. The summed E-state index contributed by atoms with van der Waals surface area (Å²) < 4.78 is 4.63. The van der Waals surface area contributed by atoms with E-state index >= 15 is 0 Å². The van der Waals surface area contributed by atoms with Gasteiger partial charge in [-0.25, -0.2) is 0 Å². The topological polar surface area (TPSA) is 38.3 Å². The number of carbonyl (C=O) groups is 1. The molecule has 0 radical (unpaired) electrons. The van der Waals surface area contributed by atoms with Gasteiger partial charge in [0.05, 0.1) is 7.11 Å². The van der Waals surface area contributed by atoms with Crippen molar-refractivity contribution in [2.24, 2.45) is 5.92 Å². The molecule has 0 atom stereocenters. The Bertz CT molecular complexity index is 407. The molecule has 0 fully saturated rings. The number of benzene rings is 1. The first-order chi connectivity index (χ1) is 9.61. The van der Waals surface area contributed by atoms with E-state index in [9.17, 15) is 4.79 Å². The van der Waals surface area contributed by atoms with E-state index in [1.165, 1.54) is 17.6 Å². The van der Waals surface area contributed by atoms with Crippen LogP contribution in [0.1, 0.15) is 32.3 Å². The van der Waals surface area contributed by atoms with Gasteiger partial charge in [-0.15, -0.1) is 11.8 Å². The van der Waals surface area contributed by atoms with Crippen molar-refractivity contribution in [1.29, 1.82) is 0 Å². The van der Waals surface area contributed by atoms with Crippen molar-refractivity contribution in [2.45, 2.75) is 38.1 Å². The first kappa shape index (κ1) is 17.1. The molecule has 4 heteroatoms. The molecule has 1 N–H and O–H groups in total. The fourth-order valence-corrected chi connectivity index (χ4v) is 2.69. The monoisotopic (exact) mass is 295 g/mol. The highest BCUT2D eigenvalue weighted by molar-refractivity contribution is 7.99. The van der Waals surface area contributed by atoms with Gasteiger partial charge in [0.25, 0.3) is 0 Å². The Labute approximate surface area is 126 Å². The highest BCUT2D eigenvalue weighted by Gasteiger charge is 2.01. The summed E-state index contributed by atoms with van der Waals surface area (Å²) in [5, 5.41) is 3.45. The van der Waals surface area contributed by atoms with Gasteiger partial charge in [-0.3, -0.25) is 4.79 Å². The minimum atomic E-state index is -0.128. The number of methoxy groups -OCH3 is 1. The van der Waals surface area contributed by atoms with Crippen molar-refractivity contribution >= 4 is 17.7 Å². The second-order valence-electron chi connectivity index (χ2n) is 5.20. The van der Waals surface area contributed by atoms with E-state index in [1.807, 2.05) is 0 Å². The van der Waals surface area contributed by atoms with E-state index in [2.05, 4.69) is 48.2 Å². The lowest BCUT2D eigenvalue weighted by Gasteiger charge is -2.08. The van der Waals surface area contributed by atoms with Gasteiger partial charge in [-0.05, 0) is 42.3 Å². The molecule has 1 aromatic rings. The van der Waals surface area contributed by atoms with Crippen molar-refractivity contribution in [2.75, 3.05) is 19.4 Å². The molecule has 0 spiro atoms. The average Bonchev–Trinajstić information content (AvgIpc) is 2.43. The molecule has 0 bridgehead atoms. The molecule has 0 aliphatic heterocycles. The smallest absolute Gasteiger partial charge is 0.305 e. The van der Waals surface area contributed by atoms with E-state index in [-0.39, 0.29) is 5.97 Å². The standard InChI is InChI=1S/C16H25NO2S/c1-13(2)11-17-12-14-6-4-7-15(10-14)20-9-5-8-16(18)19-3/h4,6-7,10,13,17H,5,8-9,11-12H2,1-3H3. The van der Waals surface area contributed by atoms with E-state index < -0.39 is 0 Å². The molecule has 1 rings (SSSR count). The van der Waals surface area contributed by atoms with E-state index in [4.69, 9.17) is 0 Å². The van der Waals surface area contributed by atoms with Gasteiger partial charge in [0.2, 0.25) is 0 Å². The quantitative estimate of drug-likeness (QED) is 0.430. The van der Waals surface area contributed by atoms with Crippen LogP contribution in [0.5, 0.6) is 0 Å². The summed E-state index contributed by atoms with van der Waals surface area (Å²) in [6, 6.07) is 8.58. The van der Waals surface area contributed by atoms with Crippen LogP contribution in [0, 0.1) is 5.92 Å². The summed E-state index contributed by atoms with van der Waals surface area (Å²) in [7, 11) is 1.43. The van der Waals surface area contributed by atoms with Gasteiger partial charge >= 0.3 is 5.97 Å². The minimum Gasteiger partial charge on any atom is -0.469 e. The van der Waals surface area contributed by atoms with Crippen LogP contribution >= 0.6 is 11.8 Å². The van der Waals surface area contributed by atoms with Crippen molar-refractivity contribution in [3.8, 4) is 0 Å². The predicted octanol–water partition coefficient (Wildman–Crippen LogP) is 3.48. The van der Waals surface area contributed by atoms with Crippen LogP contribution in [0.25, 0.3) is 0 Å². The summed E-state index contributed by atoms with van der Waals surface area (Å²) >= 11 is 1.79. The van der Waals surface area contributed by atoms with Crippen LogP contribution in [0.2, 0.25) is 0 Å². The molecule has 0 aromatic heterocycles. The lowest BCUT2D eigenvalue weighted by atomic mass is 10.2. The molecule has 3 nitrogen and oxygen atoms in total. The number of hydrogen-bond donors (Lipinski definition) is 1. The number of rotatable bonds is 9. The maximum Gasteiger partial charge on any atom is 0.305 e. The molecule has 0 saturated heterocycles. The zero-order valence-electron chi connectivity index (χ0n) is 12.6. The van der Waals surface area contributed by atoms with Gasteiger partial charge in [0, 0.05) is 17.9 Å². The number of ether oxygens (including phenoxy) is 1. The summed E-state index contributed by atoms with van der Waals surface area (Å²) in [6.45, 7) is 6.37. The fraction of sp³-hybridized carbons (Fsp3) is 0.562. The van der Waals surface area contributed by atoms with E-state index in [1.54, 1.807) is 11.8 Å². The van der Waals surface area contributed by atoms with Crippen molar-refractivity contribution in [3.63, 3.8) is 0 Å². The Balaban J connectivity index is 2.30. The van der Waals surface area contributed by atoms with Crippen LogP contribution in [0.15, 0.2) is 29.2 Å². The summed E-state index contributed by atoms with van der Waals surface area (Å²) in [6.07, 6.45) is 1.35. The number of carbonyl (C=O) groups excluding carboxylic acids is 1. The predicted molar refractivity (Wildman–Crippen MR) is 85.0 cm³/mol. The second kappa shape index (κ2) is 9.83. The first-order valence-corrected chi connectivity index (χ1v) is 8.09. The molecule has 0 saturated carbocycles. The fourth-order valence-electron chi connectivity index (χ4n) is 1.76. The molecule has 0 aliphatic carbocycles. The third kappa shape index (κ3) is 7.56. The Morgan fingerprint density at radius 2 is 2.20 bits per heavy atom. The Morgan fingerprint density at radius 1 is 1.40 bits per heavy atom. The molecule has 20 heavy (non-hydrogen) atoms. The highest BCUT2D eigenvalue weighted by Crippen LogP contribution is 2.20. The zero-order valence-corrected chi connectivity index (χ0v) is 13.5. The van der Waals surface area contributed by atoms with Gasteiger partial charge in [0.15, 0.2) is 0 Å². The molecule has 0 unspecified atom stereocenters. The summed E-state index contributed by atoms with van der Waals surface area (Å²) in [5.74, 6) is 1.49. The molecular weight excluding hydrogens is 270 g/mol. The third-order valence-corrected chi connectivity index (χ3v) is 3.88. The Kier molecular flexibility index (Phi) is 8.38. The molecule has 0 aliphatic rings. The van der Waals surface area contributed by atoms with Crippen LogP contribution in [0.4, 0.5) is 0 Å². The minimum absolute atomic E-state index is 0.128. The Hall–Kier alpha value is -1.00. The number of nitrogens with one attached hydrogen (secondary N) is 1. The van der Waals surface area contributed by atoms with Gasteiger partial charge in [-0.2, -0.15) is 0 Å². The Morgan fingerprint density at radius 3 is 2.90 bits per heavy atom. The lowest BCUT2D eigenvalue weighted by Crippen LogP contribution is -2.18. The van der Waals surface area contributed by atoms with E-state index in [0.29, 0.717) is 12.3 Å². The first-order valence-electron chi connectivity index (χ1n) is 7.11. The van der Waals surface area contributed by atoms with Crippen molar-refractivity contribution in [3.05, 3.63) is 29.8 Å². The van der Waals surface area contributed by atoms with E-state index in [0.717, 1.165) is 25.3 Å². The van der Waals surface area contributed by atoms with Crippen molar-refractivity contribution < 1.29 is 9.53 Å². The largest absolute Gasteiger partial charge is 0.469 e. The van der Waals surface area contributed by atoms with Crippen LogP contribution in [-0.2, 0) is 16.1 Å². The molecule has 0 amide bonds. The van der Waals surface area contributed by atoms with Crippen molar-refractivity contribution in [1.82, 2.24) is 5.32 Å². The number of hydrogen-bond acceptors (Lipinski definition) is 4. The van der Waals surface area contributed by atoms with Crippen LogP contribution in [0.3, 0.4) is 0 Å². The normalized spacial score (nSPS) is 10.8. The average molecular weight is 295 g/mol.